The van der Waals surface area contributed by atoms with Crippen molar-refractivity contribution >= 4 is 17.4 Å². The van der Waals surface area contributed by atoms with Crippen molar-refractivity contribution in [3.8, 4) is 0 Å². The number of anilines is 2. The van der Waals surface area contributed by atoms with E-state index in [1.165, 1.54) is 12.1 Å². The zero-order valence-corrected chi connectivity index (χ0v) is 16.0. The van der Waals surface area contributed by atoms with Crippen LogP contribution < -0.4 is 15.1 Å². The Morgan fingerprint density at radius 3 is 2.41 bits per heavy atom. The number of piperazine rings is 1. The fourth-order valence-electron chi connectivity index (χ4n) is 3.35. The lowest BCUT2D eigenvalue weighted by molar-refractivity contribution is 0.0950. The molecular weight excluding hydrogens is 369 g/mol. The van der Waals surface area contributed by atoms with E-state index in [4.69, 9.17) is 0 Å². The minimum atomic E-state index is -0.227. The van der Waals surface area contributed by atoms with Gasteiger partial charge in [0.1, 0.15) is 11.6 Å². The lowest BCUT2D eigenvalue weighted by Crippen LogP contribution is -2.46. The minimum absolute atomic E-state index is 0.149. The Kier molecular flexibility index (Phi) is 5.65. The van der Waals surface area contributed by atoms with Crippen molar-refractivity contribution in [3.63, 3.8) is 0 Å². The largest absolute Gasteiger partial charge is 0.368 e. The topological polar surface area (TPSA) is 61.4 Å². The number of halogens is 1. The van der Waals surface area contributed by atoms with Crippen LogP contribution in [-0.4, -0.2) is 42.1 Å². The van der Waals surface area contributed by atoms with E-state index < -0.39 is 0 Å². The standard InChI is InChI=1S/C22H22FN5O/c23-18-4-6-20(7-5-18)27-11-13-28(14-12-27)21-15-17(8-10-25-21)22(29)26-16-19-3-1-2-9-24-19/h1-10,15H,11-14,16H2,(H,26,29). The summed E-state index contributed by atoms with van der Waals surface area (Å²) in [6.45, 7) is 3.56. The Bertz CT molecular complexity index is 956. The molecule has 0 saturated carbocycles. The van der Waals surface area contributed by atoms with Crippen LogP contribution in [0.4, 0.5) is 15.9 Å². The fourth-order valence-corrected chi connectivity index (χ4v) is 3.35. The van der Waals surface area contributed by atoms with Crippen LogP contribution in [0.3, 0.4) is 0 Å². The van der Waals surface area contributed by atoms with Crippen LogP contribution >= 0.6 is 0 Å². The normalized spacial score (nSPS) is 14.0. The molecule has 0 bridgehead atoms. The van der Waals surface area contributed by atoms with Gasteiger partial charge < -0.3 is 15.1 Å². The number of nitrogens with one attached hydrogen (secondary N) is 1. The number of hydrogen-bond donors (Lipinski definition) is 1. The van der Waals surface area contributed by atoms with Crippen LogP contribution in [0.5, 0.6) is 0 Å². The summed E-state index contributed by atoms with van der Waals surface area (Å²) in [7, 11) is 0. The zero-order valence-electron chi connectivity index (χ0n) is 16.0. The quantitative estimate of drug-likeness (QED) is 0.725. The third-order valence-electron chi connectivity index (χ3n) is 4.96. The van der Waals surface area contributed by atoms with Gasteiger partial charge >= 0.3 is 0 Å². The van der Waals surface area contributed by atoms with E-state index >= 15 is 0 Å². The summed E-state index contributed by atoms with van der Waals surface area (Å²) >= 11 is 0. The zero-order chi connectivity index (χ0) is 20.1. The number of pyridine rings is 2. The molecular formula is C22H22FN5O. The Morgan fingerprint density at radius 2 is 1.69 bits per heavy atom. The number of rotatable bonds is 5. The summed E-state index contributed by atoms with van der Waals surface area (Å²) in [6, 6.07) is 15.7. The molecule has 1 N–H and O–H groups in total. The second-order valence-corrected chi connectivity index (χ2v) is 6.86. The van der Waals surface area contributed by atoms with Crippen molar-refractivity contribution in [2.45, 2.75) is 6.54 Å². The molecule has 4 rings (SSSR count). The summed E-state index contributed by atoms with van der Waals surface area (Å²) < 4.78 is 13.1. The van der Waals surface area contributed by atoms with Gasteiger partial charge in [-0.25, -0.2) is 9.37 Å². The van der Waals surface area contributed by atoms with Crippen LogP contribution in [0, 0.1) is 5.82 Å². The van der Waals surface area contributed by atoms with Gasteiger partial charge in [-0.2, -0.15) is 0 Å². The van der Waals surface area contributed by atoms with Gasteiger partial charge in [-0.15, -0.1) is 0 Å². The predicted molar refractivity (Wildman–Crippen MR) is 110 cm³/mol. The molecule has 148 valence electrons. The maximum Gasteiger partial charge on any atom is 0.251 e. The molecule has 1 fully saturated rings. The number of nitrogens with zero attached hydrogens (tertiary/aromatic N) is 4. The average molecular weight is 391 g/mol. The van der Waals surface area contributed by atoms with Crippen LogP contribution in [0.1, 0.15) is 16.1 Å². The first-order valence-electron chi connectivity index (χ1n) is 9.59. The van der Waals surface area contributed by atoms with E-state index in [2.05, 4.69) is 25.1 Å². The van der Waals surface area contributed by atoms with Gasteiger partial charge in [0, 0.05) is 49.8 Å². The van der Waals surface area contributed by atoms with Crippen molar-refractivity contribution < 1.29 is 9.18 Å². The van der Waals surface area contributed by atoms with Gasteiger partial charge in [0.25, 0.3) is 5.91 Å². The average Bonchev–Trinajstić information content (AvgIpc) is 2.79. The Balaban J connectivity index is 1.36. The molecule has 1 aliphatic rings. The van der Waals surface area contributed by atoms with Crippen LogP contribution in [0.15, 0.2) is 67.0 Å². The molecule has 2 aromatic heterocycles. The highest BCUT2D eigenvalue weighted by Crippen LogP contribution is 2.20. The second kappa shape index (κ2) is 8.68. The van der Waals surface area contributed by atoms with Crippen molar-refractivity contribution in [2.75, 3.05) is 36.0 Å². The summed E-state index contributed by atoms with van der Waals surface area (Å²) in [4.78, 5) is 25.5. The lowest BCUT2D eigenvalue weighted by Gasteiger charge is -2.36. The Morgan fingerprint density at radius 1 is 0.931 bits per heavy atom. The molecule has 0 radical (unpaired) electrons. The molecule has 0 unspecified atom stereocenters. The van der Waals surface area contributed by atoms with Crippen molar-refractivity contribution in [1.29, 1.82) is 0 Å². The number of hydrogen-bond acceptors (Lipinski definition) is 5. The first-order chi connectivity index (χ1) is 14.2. The van der Waals surface area contributed by atoms with E-state index in [1.807, 2.05) is 24.3 Å². The van der Waals surface area contributed by atoms with E-state index in [0.29, 0.717) is 12.1 Å². The monoisotopic (exact) mass is 391 g/mol. The van der Waals surface area contributed by atoms with Gasteiger partial charge in [0.05, 0.1) is 12.2 Å². The molecule has 0 atom stereocenters. The van der Waals surface area contributed by atoms with Gasteiger partial charge in [0.2, 0.25) is 0 Å². The van der Waals surface area contributed by atoms with Crippen molar-refractivity contribution in [2.24, 2.45) is 0 Å². The van der Waals surface area contributed by atoms with Gasteiger partial charge in [-0.1, -0.05) is 6.07 Å². The molecule has 1 aliphatic heterocycles. The maximum atomic E-state index is 13.1. The molecule has 29 heavy (non-hydrogen) atoms. The van der Waals surface area contributed by atoms with E-state index in [0.717, 1.165) is 43.4 Å². The molecule has 6 nitrogen and oxygen atoms in total. The van der Waals surface area contributed by atoms with Crippen molar-refractivity contribution in [3.05, 3.63) is 84.1 Å². The van der Waals surface area contributed by atoms with Crippen molar-refractivity contribution in [1.82, 2.24) is 15.3 Å². The number of aromatic nitrogens is 2. The summed E-state index contributed by atoms with van der Waals surface area (Å²) in [5.74, 6) is 0.410. The number of benzene rings is 1. The van der Waals surface area contributed by atoms with Gasteiger partial charge in [0.15, 0.2) is 0 Å². The summed E-state index contributed by atoms with van der Waals surface area (Å²) in [5, 5.41) is 2.89. The smallest absolute Gasteiger partial charge is 0.251 e. The molecule has 3 heterocycles. The first kappa shape index (κ1) is 18.9. The molecule has 1 aromatic carbocycles. The third kappa shape index (κ3) is 4.68. The highest BCUT2D eigenvalue weighted by atomic mass is 19.1. The van der Waals surface area contributed by atoms with Crippen LogP contribution in [0.25, 0.3) is 0 Å². The molecule has 0 aliphatic carbocycles. The molecule has 0 spiro atoms. The summed E-state index contributed by atoms with van der Waals surface area (Å²) in [5.41, 5.74) is 2.40. The van der Waals surface area contributed by atoms with E-state index in [1.54, 1.807) is 30.6 Å². The number of amides is 1. The number of carbonyl (C=O) groups excluding carboxylic acids is 1. The highest BCUT2D eigenvalue weighted by Gasteiger charge is 2.19. The summed E-state index contributed by atoms with van der Waals surface area (Å²) in [6.07, 6.45) is 3.37. The third-order valence-corrected chi connectivity index (χ3v) is 4.96. The minimum Gasteiger partial charge on any atom is -0.368 e. The van der Waals surface area contributed by atoms with E-state index in [9.17, 15) is 9.18 Å². The first-order valence-corrected chi connectivity index (χ1v) is 9.59. The highest BCUT2D eigenvalue weighted by molar-refractivity contribution is 5.94. The molecule has 1 amide bonds. The second-order valence-electron chi connectivity index (χ2n) is 6.86. The van der Waals surface area contributed by atoms with Gasteiger partial charge in [-0.05, 0) is 48.5 Å². The Labute approximate surface area is 169 Å². The van der Waals surface area contributed by atoms with Crippen LogP contribution in [0.2, 0.25) is 0 Å². The van der Waals surface area contributed by atoms with E-state index in [-0.39, 0.29) is 11.7 Å². The molecule has 7 heteroatoms. The molecule has 3 aromatic rings. The maximum absolute atomic E-state index is 13.1. The predicted octanol–water partition coefficient (Wildman–Crippen LogP) is 2.87. The Hall–Kier alpha value is -3.48. The fraction of sp³-hybridized carbons (Fsp3) is 0.227. The SMILES string of the molecule is O=C(NCc1ccccn1)c1ccnc(N2CCN(c3ccc(F)cc3)CC2)c1. The lowest BCUT2D eigenvalue weighted by atomic mass is 10.2. The number of carbonyl (C=O) groups is 1. The molecule has 1 saturated heterocycles. The van der Waals surface area contributed by atoms with Crippen LogP contribution in [-0.2, 0) is 6.54 Å². The van der Waals surface area contributed by atoms with Gasteiger partial charge in [-0.3, -0.25) is 9.78 Å².